The summed E-state index contributed by atoms with van der Waals surface area (Å²) >= 11 is 0. The second-order valence-corrected chi connectivity index (χ2v) is 5.19. The number of aromatic nitrogens is 2. The number of primary amides is 1. The van der Waals surface area contributed by atoms with Gasteiger partial charge >= 0.3 is 5.97 Å². The molecule has 2 N–H and O–H groups in total. The van der Waals surface area contributed by atoms with Crippen LogP contribution in [0.5, 0.6) is 5.75 Å². The lowest BCUT2D eigenvalue weighted by molar-refractivity contribution is -0.148. The third kappa shape index (κ3) is 4.23. The van der Waals surface area contributed by atoms with Gasteiger partial charge in [-0.15, -0.1) is 0 Å². The van der Waals surface area contributed by atoms with Crippen molar-refractivity contribution in [3.63, 3.8) is 0 Å². The minimum atomic E-state index is -0.649. The molecule has 2 aromatic carbocycles. The molecular formula is C18H15N3O5. The minimum absolute atomic E-state index is 0.162. The molecule has 1 aromatic heterocycles. The maximum Gasteiger partial charge on any atom is 0.344 e. The Balaban J connectivity index is 1.52. The third-order valence-electron chi connectivity index (χ3n) is 3.35. The number of para-hydroxylation sites is 1. The summed E-state index contributed by atoms with van der Waals surface area (Å²) in [7, 11) is 0. The smallest absolute Gasteiger partial charge is 0.344 e. The summed E-state index contributed by atoms with van der Waals surface area (Å²) < 4.78 is 15.3. The van der Waals surface area contributed by atoms with Crippen molar-refractivity contribution in [1.29, 1.82) is 0 Å². The molecule has 0 saturated carbocycles. The standard InChI is InChI=1S/C18H15N3O5/c19-17(23)13-8-4-5-9-14(13)24-11-16(22)25-10-15-20-18(21-26-15)12-6-2-1-3-7-12/h1-9H,10-11H2,(H2,19,23). The lowest BCUT2D eigenvalue weighted by atomic mass is 10.2. The van der Waals surface area contributed by atoms with Gasteiger partial charge in [-0.2, -0.15) is 4.98 Å². The van der Waals surface area contributed by atoms with E-state index in [0.29, 0.717) is 5.82 Å². The number of amides is 1. The second kappa shape index (κ2) is 7.93. The predicted octanol–water partition coefficient (Wildman–Crippen LogP) is 1.96. The second-order valence-electron chi connectivity index (χ2n) is 5.19. The molecule has 0 aliphatic carbocycles. The van der Waals surface area contributed by atoms with Crippen LogP contribution >= 0.6 is 0 Å². The topological polar surface area (TPSA) is 118 Å². The fourth-order valence-electron chi connectivity index (χ4n) is 2.13. The first kappa shape index (κ1) is 17.2. The fraction of sp³-hybridized carbons (Fsp3) is 0.111. The van der Waals surface area contributed by atoms with Gasteiger partial charge < -0.3 is 19.7 Å². The van der Waals surface area contributed by atoms with Crippen molar-refractivity contribution >= 4 is 11.9 Å². The Kier molecular flexibility index (Phi) is 5.23. The van der Waals surface area contributed by atoms with E-state index >= 15 is 0 Å². The van der Waals surface area contributed by atoms with Gasteiger partial charge in [-0.3, -0.25) is 4.79 Å². The van der Waals surface area contributed by atoms with E-state index in [-0.39, 0.29) is 30.4 Å². The molecule has 0 saturated heterocycles. The molecule has 0 aliphatic rings. The lowest BCUT2D eigenvalue weighted by Gasteiger charge is -2.08. The molecule has 1 heterocycles. The molecule has 8 nitrogen and oxygen atoms in total. The SMILES string of the molecule is NC(=O)c1ccccc1OCC(=O)OCc1nc(-c2ccccc2)no1. The fourth-order valence-corrected chi connectivity index (χ4v) is 2.13. The summed E-state index contributed by atoms with van der Waals surface area (Å²) in [4.78, 5) is 27.2. The van der Waals surface area contributed by atoms with Gasteiger partial charge in [0.25, 0.3) is 11.8 Å². The van der Waals surface area contributed by atoms with Gasteiger partial charge in [0.1, 0.15) is 5.75 Å². The molecule has 0 bridgehead atoms. The van der Waals surface area contributed by atoms with Crippen LogP contribution in [0.2, 0.25) is 0 Å². The van der Waals surface area contributed by atoms with Crippen LogP contribution in [-0.2, 0) is 16.1 Å². The first-order chi connectivity index (χ1) is 12.6. The van der Waals surface area contributed by atoms with Gasteiger partial charge in [0, 0.05) is 5.56 Å². The summed E-state index contributed by atoms with van der Waals surface area (Å²) in [5, 5.41) is 3.83. The molecule has 3 aromatic rings. The first-order valence-corrected chi connectivity index (χ1v) is 7.69. The van der Waals surface area contributed by atoms with E-state index in [0.717, 1.165) is 5.56 Å². The van der Waals surface area contributed by atoms with Crippen molar-refractivity contribution in [2.45, 2.75) is 6.61 Å². The number of nitrogens with two attached hydrogens (primary N) is 1. The number of benzene rings is 2. The number of carbonyl (C=O) groups excluding carboxylic acids is 2. The Morgan fingerprint density at radius 2 is 1.77 bits per heavy atom. The average molecular weight is 353 g/mol. The Labute approximate surface area is 148 Å². The quantitative estimate of drug-likeness (QED) is 0.645. The van der Waals surface area contributed by atoms with E-state index in [9.17, 15) is 9.59 Å². The number of hydrogen-bond acceptors (Lipinski definition) is 7. The molecule has 26 heavy (non-hydrogen) atoms. The van der Waals surface area contributed by atoms with E-state index in [2.05, 4.69) is 10.1 Å². The van der Waals surface area contributed by atoms with Crippen LogP contribution in [0.4, 0.5) is 0 Å². The van der Waals surface area contributed by atoms with Crippen LogP contribution in [0, 0.1) is 0 Å². The Bertz CT molecular complexity index is 908. The lowest BCUT2D eigenvalue weighted by Crippen LogP contribution is -2.18. The van der Waals surface area contributed by atoms with Crippen LogP contribution in [0.15, 0.2) is 59.1 Å². The molecule has 0 aliphatic heterocycles. The summed E-state index contributed by atoms with van der Waals surface area (Å²) in [6, 6.07) is 15.6. The van der Waals surface area contributed by atoms with Crippen LogP contribution in [-0.4, -0.2) is 28.6 Å². The number of esters is 1. The van der Waals surface area contributed by atoms with Gasteiger partial charge in [-0.05, 0) is 12.1 Å². The zero-order valence-corrected chi connectivity index (χ0v) is 13.6. The minimum Gasteiger partial charge on any atom is -0.481 e. The summed E-state index contributed by atoms with van der Waals surface area (Å²) in [5.41, 5.74) is 6.22. The molecule has 132 valence electrons. The van der Waals surface area contributed by atoms with Crippen molar-refractivity contribution in [1.82, 2.24) is 10.1 Å². The first-order valence-electron chi connectivity index (χ1n) is 7.69. The molecule has 0 unspecified atom stereocenters. The maximum atomic E-state index is 11.8. The van der Waals surface area contributed by atoms with Gasteiger partial charge in [-0.1, -0.05) is 47.6 Å². The summed E-state index contributed by atoms with van der Waals surface area (Å²) in [6.45, 7) is -0.566. The number of hydrogen-bond donors (Lipinski definition) is 1. The number of carbonyl (C=O) groups is 2. The molecule has 0 radical (unpaired) electrons. The van der Waals surface area contributed by atoms with Crippen LogP contribution in [0.25, 0.3) is 11.4 Å². The summed E-state index contributed by atoms with van der Waals surface area (Å²) in [6.07, 6.45) is 0. The molecule has 0 spiro atoms. The third-order valence-corrected chi connectivity index (χ3v) is 3.35. The normalized spacial score (nSPS) is 10.3. The highest BCUT2D eigenvalue weighted by atomic mass is 16.6. The summed E-state index contributed by atoms with van der Waals surface area (Å²) in [5.74, 6) is -0.517. The van der Waals surface area contributed by atoms with Crippen molar-refractivity contribution < 1.29 is 23.6 Å². The largest absolute Gasteiger partial charge is 0.481 e. The predicted molar refractivity (Wildman–Crippen MR) is 90.0 cm³/mol. The monoisotopic (exact) mass is 353 g/mol. The highest BCUT2D eigenvalue weighted by molar-refractivity contribution is 5.95. The van der Waals surface area contributed by atoms with Gasteiger partial charge in [0.2, 0.25) is 5.82 Å². The molecular weight excluding hydrogens is 338 g/mol. The van der Waals surface area contributed by atoms with Crippen molar-refractivity contribution in [2.75, 3.05) is 6.61 Å². The van der Waals surface area contributed by atoms with Crippen molar-refractivity contribution in [3.8, 4) is 17.1 Å². The van der Waals surface area contributed by atoms with Crippen LogP contribution < -0.4 is 10.5 Å². The molecule has 0 fully saturated rings. The molecule has 0 atom stereocenters. The zero-order chi connectivity index (χ0) is 18.4. The Morgan fingerprint density at radius 3 is 2.54 bits per heavy atom. The van der Waals surface area contributed by atoms with Crippen LogP contribution in [0.1, 0.15) is 16.2 Å². The van der Waals surface area contributed by atoms with Gasteiger partial charge in [0.05, 0.1) is 5.56 Å². The van der Waals surface area contributed by atoms with E-state index in [4.69, 9.17) is 19.7 Å². The molecule has 3 rings (SSSR count). The number of nitrogens with zero attached hydrogens (tertiary/aromatic N) is 2. The maximum absolute atomic E-state index is 11.8. The van der Waals surface area contributed by atoms with Gasteiger partial charge in [-0.25, -0.2) is 4.79 Å². The van der Waals surface area contributed by atoms with E-state index < -0.39 is 11.9 Å². The van der Waals surface area contributed by atoms with Gasteiger partial charge in [0.15, 0.2) is 13.2 Å². The van der Waals surface area contributed by atoms with E-state index in [1.807, 2.05) is 30.3 Å². The number of ether oxygens (including phenoxy) is 2. The van der Waals surface area contributed by atoms with Crippen molar-refractivity contribution in [2.24, 2.45) is 5.73 Å². The highest BCUT2D eigenvalue weighted by Crippen LogP contribution is 2.17. The Morgan fingerprint density at radius 1 is 1.04 bits per heavy atom. The molecule has 8 heteroatoms. The Hall–Kier alpha value is -3.68. The van der Waals surface area contributed by atoms with Crippen LogP contribution in [0.3, 0.4) is 0 Å². The highest BCUT2D eigenvalue weighted by Gasteiger charge is 2.13. The zero-order valence-electron chi connectivity index (χ0n) is 13.6. The number of rotatable bonds is 7. The van der Waals surface area contributed by atoms with E-state index in [1.165, 1.54) is 12.1 Å². The molecule has 1 amide bonds. The van der Waals surface area contributed by atoms with Crippen molar-refractivity contribution in [3.05, 3.63) is 66.1 Å². The average Bonchev–Trinajstić information content (AvgIpc) is 3.14. The van der Waals surface area contributed by atoms with E-state index in [1.54, 1.807) is 12.1 Å².